The SMILES string of the molecule is CCc1ccc(C[NH+]2CC[NH+]([C@H]3CCCC[C@H]3C)CC2)cc1. The van der Waals surface area contributed by atoms with E-state index in [1.54, 1.807) is 4.90 Å². The molecule has 1 saturated carbocycles. The van der Waals surface area contributed by atoms with Crippen molar-refractivity contribution in [1.82, 2.24) is 0 Å². The van der Waals surface area contributed by atoms with Crippen LogP contribution in [0.4, 0.5) is 0 Å². The molecular formula is C20H34N2+2. The largest absolute Gasteiger partial charge is 0.323 e. The number of aryl methyl sites for hydroxylation is 1. The lowest BCUT2D eigenvalue weighted by Gasteiger charge is -2.39. The molecule has 2 atom stereocenters. The Morgan fingerprint density at radius 3 is 2.18 bits per heavy atom. The molecule has 2 aliphatic rings. The van der Waals surface area contributed by atoms with E-state index >= 15 is 0 Å². The molecule has 0 amide bonds. The van der Waals surface area contributed by atoms with Gasteiger partial charge < -0.3 is 9.80 Å². The first-order valence-electron chi connectivity index (χ1n) is 9.52. The molecule has 1 heterocycles. The molecule has 22 heavy (non-hydrogen) atoms. The molecule has 1 aliphatic heterocycles. The predicted molar refractivity (Wildman–Crippen MR) is 92.3 cm³/mol. The van der Waals surface area contributed by atoms with Crippen LogP contribution in [0.2, 0.25) is 0 Å². The van der Waals surface area contributed by atoms with Crippen LogP contribution in [-0.4, -0.2) is 32.2 Å². The van der Waals surface area contributed by atoms with Gasteiger partial charge in [-0.1, -0.05) is 44.5 Å². The van der Waals surface area contributed by atoms with Gasteiger partial charge in [0.2, 0.25) is 0 Å². The average Bonchev–Trinajstić information content (AvgIpc) is 2.57. The molecule has 0 unspecified atom stereocenters. The third-order valence-corrected chi connectivity index (χ3v) is 6.12. The number of benzene rings is 1. The lowest BCUT2D eigenvalue weighted by molar-refractivity contribution is -1.03. The summed E-state index contributed by atoms with van der Waals surface area (Å²) < 4.78 is 0. The van der Waals surface area contributed by atoms with Gasteiger partial charge in [0.25, 0.3) is 0 Å². The summed E-state index contributed by atoms with van der Waals surface area (Å²) in [5.41, 5.74) is 2.97. The predicted octanol–water partition coefficient (Wildman–Crippen LogP) is 1.11. The van der Waals surface area contributed by atoms with E-state index in [2.05, 4.69) is 38.1 Å². The maximum absolute atomic E-state index is 2.49. The number of rotatable bonds is 4. The normalized spacial score (nSPS) is 32.8. The fourth-order valence-corrected chi connectivity index (χ4v) is 4.58. The fraction of sp³-hybridized carbons (Fsp3) is 0.700. The van der Waals surface area contributed by atoms with Crippen LogP contribution in [0.5, 0.6) is 0 Å². The number of quaternary nitrogens is 2. The third kappa shape index (κ3) is 3.91. The van der Waals surface area contributed by atoms with Gasteiger partial charge in [0.05, 0.1) is 6.04 Å². The quantitative estimate of drug-likeness (QED) is 0.824. The van der Waals surface area contributed by atoms with Crippen molar-refractivity contribution in [2.75, 3.05) is 26.2 Å². The van der Waals surface area contributed by atoms with Gasteiger partial charge in [-0.25, -0.2) is 0 Å². The minimum Gasteiger partial charge on any atom is -0.323 e. The van der Waals surface area contributed by atoms with Crippen molar-refractivity contribution in [3.05, 3.63) is 35.4 Å². The van der Waals surface area contributed by atoms with Crippen LogP contribution < -0.4 is 9.80 Å². The monoisotopic (exact) mass is 302 g/mol. The molecule has 122 valence electrons. The molecule has 2 N–H and O–H groups in total. The highest BCUT2D eigenvalue weighted by atomic mass is 15.3. The Morgan fingerprint density at radius 2 is 1.55 bits per heavy atom. The first kappa shape index (κ1) is 16.0. The van der Waals surface area contributed by atoms with Crippen LogP contribution in [0.3, 0.4) is 0 Å². The topological polar surface area (TPSA) is 8.88 Å². The van der Waals surface area contributed by atoms with Crippen LogP contribution in [-0.2, 0) is 13.0 Å². The first-order chi connectivity index (χ1) is 10.8. The second-order valence-corrected chi connectivity index (χ2v) is 7.62. The van der Waals surface area contributed by atoms with Crippen molar-refractivity contribution in [3.8, 4) is 0 Å². The van der Waals surface area contributed by atoms with Crippen molar-refractivity contribution < 1.29 is 9.80 Å². The Bertz CT molecular complexity index is 445. The molecule has 0 bridgehead atoms. The smallest absolute Gasteiger partial charge is 0.127 e. The van der Waals surface area contributed by atoms with E-state index in [0.29, 0.717) is 0 Å². The van der Waals surface area contributed by atoms with Gasteiger partial charge in [0.15, 0.2) is 0 Å². The van der Waals surface area contributed by atoms with Gasteiger partial charge in [-0.15, -0.1) is 0 Å². The van der Waals surface area contributed by atoms with Gasteiger partial charge in [0, 0.05) is 11.5 Å². The van der Waals surface area contributed by atoms with Gasteiger partial charge >= 0.3 is 0 Å². The minimum absolute atomic E-state index is 0.951. The zero-order valence-electron chi connectivity index (χ0n) is 14.5. The second-order valence-electron chi connectivity index (χ2n) is 7.62. The first-order valence-corrected chi connectivity index (χ1v) is 9.52. The van der Waals surface area contributed by atoms with Gasteiger partial charge in [-0.3, -0.25) is 0 Å². The summed E-state index contributed by atoms with van der Waals surface area (Å²) in [7, 11) is 0. The van der Waals surface area contributed by atoms with Crippen LogP contribution in [0.25, 0.3) is 0 Å². The summed E-state index contributed by atoms with van der Waals surface area (Å²) in [6, 6.07) is 10.3. The fourth-order valence-electron chi connectivity index (χ4n) is 4.58. The summed E-state index contributed by atoms with van der Waals surface area (Å²) in [5.74, 6) is 0.951. The van der Waals surface area contributed by atoms with Crippen molar-refractivity contribution in [1.29, 1.82) is 0 Å². The Kier molecular flexibility index (Phi) is 5.54. The lowest BCUT2D eigenvalue weighted by Crippen LogP contribution is -3.29. The maximum atomic E-state index is 2.49. The molecule has 2 fully saturated rings. The van der Waals surface area contributed by atoms with Crippen LogP contribution in [0.15, 0.2) is 24.3 Å². The van der Waals surface area contributed by atoms with Crippen LogP contribution in [0, 0.1) is 5.92 Å². The molecule has 3 rings (SSSR count). The van der Waals surface area contributed by atoms with Crippen molar-refractivity contribution in [2.45, 2.75) is 58.5 Å². The Labute approximate surface area is 136 Å². The molecule has 0 radical (unpaired) electrons. The van der Waals surface area contributed by atoms with Crippen LogP contribution >= 0.6 is 0 Å². The van der Waals surface area contributed by atoms with Gasteiger partial charge in [0.1, 0.15) is 32.7 Å². The molecule has 0 aromatic heterocycles. The van der Waals surface area contributed by atoms with Crippen LogP contribution in [0.1, 0.15) is 50.7 Å². The summed E-state index contributed by atoms with van der Waals surface area (Å²) in [6.45, 7) is 11.4. The summed E-state index contributed by atoms with van der Waals surface area (Å²) >= 11 is 0. The van der Waals surface area contributed by atoms with Crippen molar-refractivity contribution in [3.63, 3.8) is 0 Å². The zero-order chi connectivity index (χ0) is 15.4. The van der Waals surface area contributed by atoms with E-state index in [-0.39, 0.29) is 0 Å². The summed E-state index contributed by atoms with van der Waals surface area (Å²) in [6.07, 6.45) is 7.03. The highest BCUT2D eigenvalue weighted by Gasteiger charge is 2.34. The Balaban J connectivity index is 1.48. The second kappa shape index (κ2) is 7.61. The summed E-state index contributed by atoms with van der Waals surface area (Å²) in [4.78, 5) is 3.70. The molecule has 1 aromatic rings. The van der Waals surface area contributed by atoms with Gasteiger partial charge in [-0.2, -0.15) is 0 Å². The van der Waals surface area contributed by atoms with E-state index in [9.17, 15) is 0 Å². The molecule has 0 spiro atoms. The van der Waals surface area contributed by atoms with Gasteiger partial charge in [-0.05, 0) is 31.2 Å². The van der Waals surface area contributed by atoms with Crippen molar-refractivity contribution >= 4 is 0 Å². The van der Waals surface area contributed by atoms with Crippen molar-refractivity contribution in [2.24, 2.45) is 5.92 Å². The molecule has 2 nitrogen and oxygen atoms in total. The molecule has 2 heteroatoms. The van der Waals surface area contributed by atoms with E-state index in [4.69, 9.17) is 0 Å². The zero-order valence-corrected chi connectivity index (χ0v) is 14.5. The number of hydrogen-bond acceptors (Lipinski definition) is 0. The third-order valence-electron chi connectivity index (χ3n) is 6.12. The maximum Gasteiger partial charge on any atom is 0.127 e. The highest BCUT2D eigenvalue weighted by molar-refractivity contribution is 5.21. The molecule has 1 aromatic carbocycles. The van der Waals surface area contributed by atoms with E-state index in [1.807, 2.05) is 4.90 Å². The van der Waals surface area contributed by atoms with E-state index in [0.717, 1.165) is 18.4 Å². The molecule has 1 saturated heterocycles. The number of nitrogens with one attached hydrogen (secondary N) is 2. The number of hydrogen-bond donors (Lipinski definition) is 2. The lowest BCUT2D eigenvalue weighted by atomic mass is 9.84. The standard InChI is InChI=1S/C20H32N2/c1-3-18-8-10-19(11-9-18)16-21-12-14-22(15-13-21)20-7-5-4-6-17(20)2/h8-11,17,20H,3-7,12-16H2,1-2H3/p+2/t17-,20+/m1/s1. The average molecular weight is 303 g/mol. The van der Waals surface area contributed by atoms with E-state index in [1.165, 1.54) is 69.5 Å². The molecule has 1 aliphatic carbocycles. The number of piperazine rings is 1. The Hall–Kier alpha value is -0.860. The highest BCUT2D eigenvalue weighted by Crippen LogP contribution is 2.21. The minimum atomic E-state index is 0.951. The Morgan fingerprint density at radius 1 is 0.909 bits per heavy atom. The van der Waals surface area contributed by atoms with E-state index < -0.39 is 0 Å². The molecular weight excluding hydrogens is 268 g/mol. The summed E-state index contributed by atoms with van der Waals surface area (Å²) in [5, 5.41) is 0.